The molecule has 0 fully saturated rings. The van der Waals surface area contributed by atoms with Crippen molar-refractivity contribution in [2.24, 2.45) is 0 Å². The Morgan fingerprint density at radius 3 is 0.833 bits per heavy atom. The Morgan fingerprint density at radius 1 is 0.833 bits per heavy atom. The van der Waals surface area contributed by atoms with Crippen LogP contribution in [0.25, 0.3) is 0 Å². The van der Waals surface area contributed by atoms with E-state index in [9.17, 15) is 0 Å². The summed E-state index contributed by atoms with van der Waals surface area (Å²) in [4.78, 5) is 0. The number of hydrogen-bond donors (Lipinski definition) is 1. The first-order valence-corrected chi connectivity index (χ1v) is 6.00. The Hall–Kier alpha value is 1.28. The monoisotopic (exact) mass is 439 g/mol. The summed E-state index contributed by atoms with van der Waals surface area (Å²) in [6.45, 7) is 0. The van der Waals surface area contributed by atoms with Gasteiger partial charge >= 0.3 is 22.4 Å². The van der Waals surface area contributed by atoms with Gasteiger partial charge in [0.2, 0.25) is 0 Å². The molecule has 0 aliphatic heterocycles. The molecular weight excluding hydrogens is 435 g/mol. The van der Waals surface area contributed by atoms with E-state index < -0.39 is 18.1 Å². The summed E-state index contributed by atoms with van der Waals surface area (Å²) < 4.78 is 53.3. The molecule has 4 N–H and O–H groups in total. The fraction of sp³-hybridized carbons (Fsp3) is 0. The third-order valence-corrected chi connectivity index (χ3v) is 0. The second-order valence-electron chi connectivity index (χ2n) is 0.816. The predicted octanol–water partition coefficient (Wildman–Crippen LogP) is -1.64. The molecule has 0 unspecified atom stereocenters. The molecule has 0 aromatic rings. The van der Waals surface area contributed by atoms with Crippen LogP contribution >= 0.6 is 0 Å². The minimum atomic E-state index is -4.33. The summed E-state index contributed by atoms with van der Waals surface area (Å²) >= 11 is 6.49. The van der Waals surface area contributed by atoms with Crippen LogP contribution in [0, 0.1) is 0 Å². The van der Waals surface area contributed by atoms with Crippen LogP contribution in [0.5, 0.6) is 0 Å². The van der Waals surface area contributed by atoms with E-state index in [1.54, 1.807) is 0 Å². The fourth-order valence-electron chi connectivity index (χ4n) is 0. The Morgan fingerprint density at radius 2 is 0.833 bits per heavy atom. The van der Waals surface area contributed by atoms with Gasteiger partial charge in [-0.2, -0.15) is 0 Å². The first-order chi connectivity index (χ1) is 4.00. The molecule has 0 bridgehead atoms. The molecule has 0 spiro atoms. The quantitative estimate of drug-likeness (QED) is 0.440. The van der Waals surface area contributed by atoms with Gasteiger partial charge < -0.3 is 24.4 Å². The SMILES string of the molecule is O=S([O-])([O-])=S.O=S([O-])([O-])=S.[Au+3].[NH4+]. The maximum Gasteiger partial charge on any atom is 3.00 e. The van der Waals surface area contributed by atoms with Gasteiger partial charge in [0, 0.05) is 0 Å². The van der Waals surface area contributed by atoms with E-state index in [1.807, 2.05) is 0 Å². The molecule has 0 radical (unpaired) electrons. The molecule has 80 valence electrons. The zero-order valence-electron chi connectivity index (χ0n) is 5.38. The zero-order chi connectivity index (χ0) is 9.00. The van der Waals surface area contributed by atoms with E-state index in [4.69, 9.17) is 26.6 Å². The van der Waals surface area contributed by atoms with Crippen molar-refractivity contribution in [3.63, 3.8) is 0 Å². The first-order valence-electron chi connectivity index (χ1n) is 1.33. The molecule has 0 rings (SSSR count). The van der Waals surface area contributed by atoms with E-state index in [2.05, 4.69) is 22.4 Å². The number of rotatable bonds is 0. The van der Waals surface area contributed by atoms with Crippen LogP contribution in [0.15, 0.2) is 0 Å². The average molecular weight is 439 g/mol. The van der Waals surface area contributed by atoms with Gasteiger partial charge in [-0.1, -0.05) is 0 Å². The first kappa shape index (κ1) is 23.3. The molecule has 0 atom stereocenters. The predicted molar refractivity (Wildman–Crippen MR) is 40.1 cm³/mol. The van der Waals surface area contributed by atoms with Crippen LogP contribution in [0.3, 0.4) is 0 Å². The van der Waals surface area contributed by atoms with Crippen LogP contribution < -0.4 is 6.15 Å². The van der Waals surface area contributed by atoms with Gasteiger partial charge in [-0.05, 0) is 22.4 Å². The maximum atomic E-state index is 8.89. The molecule has 0 amide bonds. The number of hydrogen-bond acceptors (Lipinski definition) is 8. The van der Waals surface area contributed by atoms with Gasteiger partial charge in [0.15, 0.2) is 0 Å². The third-order valence-electron chi connectivity index (χ3n) is 0. The largest absolute Gasteiger partial charge is 3.00 e. The molecule has 0 aliphatic rings. The summed E-state index contributed by atoms with van der Waals surface area (Å²) in [6.07, 6.45) is 0. The molecule has 0 aliphatic carbocycles. The van der Waals surface area contributed by atoms with Crippen LogP contribution in [-0.4, -0.2) is 26.6 Å². The van der Waals surface area contributed by atoms with Crippen molar-refractivity contribution in [3.8, 4) is 0 Å². The number of quaternary nitrogens is 1. The second kappa shape index (κ2) is 8.86. The molecule has 0 aromatic heterocycles. The van der Waals surface area contributed by atoms with Crippen molar-refractivity contribution in [2.45, 2.75) is 0 Å². The van der Waals surface area contributed by atoms with Gasteiger partial charge in [0.1, 0.15) is 0 Å². The standard InChI is InChI=1S/Au.H3N.2H2O3S2/c;;2*1-5(2,3)4/h;1H3;2*(H2,1,2,3,4)/q+3;;;/p-3. The van der Waals surface area contributed by atoms with Crippen molar-refractivity contribution in [1.29, 1.82) is 0 Å². The summed E-state index contributed by atoms with van der Waals surface area (Å²) in [7, 11) is -8.67. The summed E-state index contributed by atoms with van der Waals surface area (Å²) in [6, 6.07) is 0. The van der Waals surface area contributed by atoms with Crippen LogP contribution in [0.4, 0.5) is 0 Å². The molecule has 0 saturated carbocycles. The van der Waals surface area contributed by atoms with E-state index in [-0.39, 0.29) is 28.5 Å². The molecule has 7 nitrogen and oxygen atoms in total. The maximum absolute atomic E-state index is 8.89. The summed E-state index contributed by atoms with van der Waals surface area (Å²) in [5.74, 6) is 0. The Bertz CT molecular complexity index is 216. The van der Waals surface area contributed by atoms with Gasteiger partial charge in [0.25, 0.3) is 0 Å². The van der Waals surface area contributed by atoms with Crippen LogP contribution in [0.1, 0.15) is 0 Å². The van der Waals surface area contributed by atoms with Crippen LogP contribution in [0.2, 0.25) is 0 Å². The Balaban J connectivity index is -0.0000000457. The Kier molecular flexibility index (Phi) is 17.2. The molecule has 12 heteroatoms. The Labute approximate surface area is 95.1 Å². The van der Waals surface area contributed by atoms with E-state index in [0.29, 0.717) is 0 Å². The average Bonchev–Trinajstić information content (AvgIpc) is 1.12. The molecule has 12 heavy (non-hydrogen) atoms. The zero-order valence-corrected chi connectivity index (χ0v) is 10.8. The minimum absolute atomic E-state index is 0. The van der Waals surface area contributed by atoms with Crippen molar-refractivity contribution in [2.75, 3.05) is 0 Å². The summed E-state index contributed by atoms with van der Waals surface area (Å²) in [5, 5.41) is 0. The van der Waals surface area contributed by atoms with Crippen molar-refractivity contribution >= 4 is 40.5 Å². The van der Waals surface area contributed by atoms with Crippen LogP contribution in [-0.2, 0) is 62.9 Å². The topological polar surface area (TPSA) is 163 Å². The second-order valence-corrected chi connectivity index (χ2v) is 4.90. The summed E-state index contributed by atoms with van der Waals surface area (Å²) in [5.41, 5.74) is 0. The normalized spacial score (nSPS) is 9.67. The molecule has 0 heterocycles. The van der Waals surface area contributed by atoms with E-state index in [0.717, 1.165) is 0 Å². The molecule has 0 aromatic carbocycles. The smallest absolute Gasteiger partial charge is 0.780 e. The van der Waals surface area contributed by atoms with E-state index in [1.165, 1.54) is 0 Å². The minimum Gasteiger partial charge on any atom is -0.780 e. The van der Waals surface area contributed by atoms with Crippen molar-refractivity contribution in [3.05, 3.63) is 0 Å². The van der Waals surface area contributed by atoms with Gasteiger partial charge in [-0.15, -0.1) is 18.1 Å². The van der Waals surface area contributed by atoms with Gasteiger partial charge in [-0.3, -0.25) is 8.42 Å². The molecule has 0 saturated heterocycles. The molecular formula is H4AuNO6S4. The van der Waals surface area contributed by atoms with E-state index >= 15 is 0 Å². The fourth-order valence-corrected chi connectivity index (χ4v) is 0. The van der Waals surface area contributed by atoms with Gasteiger partial charge in [-0.25, -0.2) is 0 Å². The van der Waals surface area contributed by atoms with Crippen molar-refractivity contribution < 1.29 is 49.0 Å². The van der Waals surface area contributed by atoms with Crippen molar-refractivity contribution in [1.82, 2.24) is 6.15 Å². The third kappa shape index (κ3) is 727. The van der Waals surface area contributed by atoms with Gasteiger partial charge in [0.05, 0.1) is 0 Å².